The van der Waals surface area contributed by atoms with Gasteiger partial charge in [-0.3, -0.25) is 4.90 Å². The Kier molecular flexibility index (Phi) is 4.65. The van der Waals surface area contributed by atoms with E-state index in [-0.39, 0.29) is 0 Å². The number of fused-ring (bicyclic) bond motifs is 1. The van der Waals surface area contributed by atoms with E-state index in [0.717, 1.165) is 32.6 Å². The van der Waals surface area contributed by atoms with Crippen LogP contribution >= 0.6 is 0 Å². The van der Waals surface area contributed by atoms with Gasteiger partial charge in [-0.2, -0.15) is 5.10 Å². The van der Waals surface area contributed by atoms with Crippen molar-refractivity contribution in [1.29, 1.82) is 0 Å². The van der Waals surface area contributed by atoms with Gasteiger partial charge in [-0.25, -0.2) is 4.68 Å². The molecule has 1 N–H and O–H groups in total. The number of piperidine rings is 1. The van der Waals surface area contributed by atoms with Gasteiger partial charge in [-0.15, -0.1) is 0 Å². The summed E-state index contributed by atoms with van der Waals surface area (Å²) in [5, 5.41) is 8.69. The molecule has 144 valence electrons. The second-order valence-electron chi connectivity index (χ2n) is 8.18. The first kappa shape index (κ1) is 17.5. The van der Waals surface area contributed by atoms with E-state index in [1.807, 2.05) is 0 Å². The summed E-state index contributed by atoms with van der Waals surface area (Å²) in [6.07, 6.45) is 3.49. The number of hydrogen-bond acceptors (Lipinski definition) is 3. The lowest BCUT2D eigenvalue weighted by Crippen LogP contribution is -2.32. The van der Waals surface area contributed by atoms with Crippen molar-refractivity contribution >= 4 is 5.82 Å². The normalized spacial score (nSPS) is 17.5. The molecule has 0 saturated carbocycles. The zero-order valence-corrected chi connectivity index (χ0v) is 16.6. The molecule has 3 aromatic rings. The molecule has 4 heteroatoms. The molecule has 3 heterocycles. The molecule has 0 atom stereocenters. The van der Waals surface area contributed by atoms with Gasteiger partial charge in [0.2, 0.25) is 0 Å². The number of rotatable bonds is 4. The molecule has 2 aliphatic rings. The minimum absolute atomic E-state index is 0.576. The van der Waals surface area contributed by atoms with Crippen LogP contribution in [-0.2, 0) is 13.0 Å². The van der Waals surface area contributed by atoms with Crippen LogP contribution in [-0.4, -0.2) is 34.3 Å². The Hall–Kier alpha value is -2.59. The van der Waals surface area contributed by atoms with E-state index >= 15 is 0 Å². The van der Waals surface area contributed by atoms with Crippen LogP contribution < -0.4 is 5.32 Å². The Morgan fingerprint density at radius 1 is 1.04 bits per heavy atom. The lowest BCUT2D eigenvalue weighted by molar-refractivity contribution is 0.203. The smallest absolute Gasteiger partial charge is 0.133 e. The van der Waals surface area contributed by atoms with E-state index < -0.39 is 0 Å². The number of benzene rings is 2. The first-order valence-corrected chi connectivity index (χ1v) is 10.5. The van der Waals surface area contributed by atoms with Crippen LogP contribution in [0.25, 0.3) is 5.69 Å². The molecule has 0 radical (unpaired) electrons. The van der Waals surface area contributed by atoms with Crippen molar-refractivity contribution in [2.45, 2.75) is 38.6 Å². The third-order valence-corrected chi connectivity index (χ3v) is 6.15. The lowest BCUT2D eigenvalue weighted by atomic mass is 9.90. The minimum Gasteiger partial charge on any atom is -0.369 e. The average molecular weight is 373 g/mol. The predicted octanol–water partition coefficient (Wildman–Crippen LogP) is 4.53. The van der Waals surface area contributed by atoms with Crippen LogP contribution in [0.1, 0.15) is 41.1 Å². The van der Waals surface area contributed by atoms with Gasteiger partial charge in [0.1, 0.15) is 5.82 Å². The molecular weight excluding hydrogens is 344 g/mol. The zero-order valence-electron chi connectivity index (χ0n) is 16.6. The maximum atomic E-state index is 5.11. The van der Waals surface area contributed by atoms with Crippen LogP contribution in [0.5, 0.6) is 0 Å². The first-order chi connectivity index (χ1) is 13.8. The zero-order chi connectivity index (χ0) is 18.9. The number of nitrogens with zero attached hydrogens (tertiary/aromatic N) is 3. The Balaban J connectivity index is 1.34. The van der Waals surface area contributed by atoms with Gasteiger partial charge in [0.15, 0.2) is 0 Å². The molecule has 28 heavy (non-hydrogen) atoms. The summed E-state index contributed by atoms with van der Waals surface area (Å²) in [7, 11) is 0. The van der Waals surface area contributed by atoms with Crippen molar-refractivity contribution in [2.24, 2.45) is 0 Å². The van der Waals surface area contributed by atoms with Gasteiger partial charge in [-0.05, 0) is 62.5 Å². The summed E-state index contributed by atoms with van der Waals surface area (Å²) in [5.74, 6) is 1.79. The molecule has 0 spiro atoms. The van der Waals surface area contributed by atoms with Crippen LogP contribution in [0.15, 0.2) is 54.6 Å². The molecule has 2 aliphatic heterocycles. The van der Waals surface area contributed by atoms with Crippen LogP contribution in [0, 0.1) is 6.92 Å². The Morgan fingerprint density at radius 3 is 2.64 bits per heavy atom. The van der Waals surface area contributed by atoms with E-state index in [0.29, 0.717) is 5.92 Å². The van der Waals surface area contributed by atoms with Gasteiger partial charge in [-0.1, -0.05) is 42.5 Å². The molecule has 0 aliphatic carbocycles. The number of nitrogens with one attached hydrogen (secondary N) is 1. The molecule has 0 unspecified atom stereocenters. The van der Waals surface area contributed by atoms with Crippen molar-refractivity contribution in [1.82, 2.24) is 14.7 Å². The molecule has 0 bridgehead atoms. The van der Waals surface area contributed by atoms with E-state index in [9.17, 15) is 0 Å². The highest BCUT2D eigenvalue weighted by molar-refractivity contribution is 5.58. The molecule has 1 aromatic heterocycles. The highest BCUT2D eigenvalue weighted by Crippen LogP contribution is 2.37. The van der Waals surface area contributed by atoms with Crippen LogP contribution in [0.2, 0.25) is 0 Å². The summed E-state index contributed by atoms with van der Waals surface area (Å²) < 4.78 is 2.14. The highest BCUT2D eigenvalue weighted by Gasteiger charge is 2.30. The number of hydrogen-bond donors (Lipinski definition) is 1. The fourth-order valence-corrected chi connectivity index (χ4v) is 4.68. The Bertz CT molecular complexity index is 952. The standard InChI is InChI=1S/C24H28N4/c1-18-6-5-9-21(16-18)28-24-22(10-13-25-24)23(26-28)20-11-14-27(15-12-20)17-19-7-3-2-4-8-19/h2-9,16,20,25H,10-15,17H2,1H3. The van der Waals surface area contributed by atoms with Crippen molar-refractivity contribution in [2.75, 3.05) is 25.0 Å². The van der Waals surface area contributed by atoms with E-state index in [1.165, 1.54) is 46.7 Å². The van der Waals surface area contributed by atoms with E-state index in [4.69, 9.17) is 5.10 Å². The van der Waals surface area contributed by atoms with Gasteiger partial charge in [0.05, 0.1) is 11.4 Å². The van der Waals surface area contributed by atoms with Crippen molar-refractivity contribution in [3.05, 3.63) is 77.0 Å². The number of aryl methyl sites for hydroxylation is 1. The maximum Gasteiger partial charge on any atom is 0.133 e. The quantitative estimate of drug-likeness (QED) is 0.730. The van der Waals surface area contributed by atoms with Crippen LogP contribution in [0.4, 0.5) is 5.82 Å². The maximum absolute atomic E-state index is 5.11. The Morgan fingerprint density at radius 2 is 1.86 bits per heavy atom. The minimum atomic E-state index is 0.576. The highest BCUT2D eigenvalue weighted by atomic mass is 15.3. The number of aromatic nitrogens is 2. The number of anilines is 1. The predicted molar refractivity (Wildman–Crippen MR) is 114 cm³/mol. The SMILES string of the molecule is Cc1cccc(-n2nc(C3CCN(Cc4ccccc4)CC3)c3c2NCC3)c1. The summed E-state index contributed by atoms with van der Waals surface area (Å²) in [6, 6.07) is 19.5. The van der Waals surface area contributed by atoms with E-state index in [2.05, 4.69) is 76.4 Å². The third kappa shape index (κ3) is 3.33. The topological polar surface area (TPSA) is 33.1 Å². The Labute approximate surface area is 167 Å². The summed E-state index contributed by atoms with van der Waals surface area (Å²) in [5.41, 5.74) is 6.63. The lowest BCUT2D eigenvalue weighted by Gasteiger charge is -2.31. The number of likely N-dealkylation sites (tertiary alicyclic amines) is 1. The molecule has 2 aromatic carbocycles. The molecular formula is C24H28N4. The van der Waals surface area contributed by atoms with Gasteiger partial charge < -0.3 is 5.32 Å². The summed E-state index contributed by atoms with van der Waals surface area (Å²) >= 11 is 0. The molecule has 0 amide bonds. The molecule has 5 rings (SSSR count). The van der Waals surface area contributed by atoms with Gasteiger partial charge >= 0.3 is 0 Å². The van der Waals surface area contributed by atoms with Crippen molar-refractivity contribution in [3.8, 4) is 5.69 Å². The van der Waals surface area contributed by atoms with Crippen molar-refractivity contribution < 1.29 is 0 Å². The second kappa shape index (κ2) is 7.44. The monoisotopic (exact) mass is 372 g/mol. The fourth-order valence-electron chi connectivity index (χ4n) is 4.68. The fraction of sp³-hybridized carbons (Fsp3) is 0.375. The third-order valence-electron chi connectivity index (χ3n) is 6.15. The second-order valence-corrected chi connectivity index (χ2v) is 8.18. The van der Waals surface area contributed by atoms with Gasteiger partial charge in [0, 0.05) is 24.6 Å². The molecule has 1 saturated heterocycles. The first-order valence-electron chi connectivity index (χ1n) is 10.5. The van der Waals surface area contributed by atoms with Crippen molar-refractivity contribution in [3.63, 3.8) is 0 Å². The average Bonchev–Trinajstić information content (AvgIpc) is 3.32. The summed E-state index contributed by atoms with van der Waals surface area (Å²) in [4.78, 5) is 2.59. The largest absolute Gasteiger partial charge is 0.369 e. The molecule has 1 fully saturated rings. The molecule has 4 nitrogen and oxygen atoms in total. The summed E-state index contributed by atoms with van der Waals surface area (Å²) in [6.45, 7) is 6.53. The van der Waals surface area contributed by atoms with Gasteiger partial charge in [0.25, 0.3) is 0 Å². The van der Waals surface area contributed by atoms with E-state index in [1.54, 1.807) is 0 Å². The van der Waals surface area contributed by atoms with Crippen LogP contribution in [0.3, 0.4) is 0 Å².